The summed E-state index contributed by atoms with van der Waals surface area (Å²) >= 11 is 0. The zero-order chi connectivity index (χ0) is 11.9. The molecule has 0 radical (unpaired) electrons. The second-order valence-electron chi connectivity index (χ2n) is 5.47. The van der Waals surface area contributed by atoms with Crippen LogP contribution >= 0.6 is 8.79 Å². The standard InChI is InChI=1S/C11H29N2PSi/c1-12(2)8-6-10-15(5,14)11-7-9-13(3)4/h6-11,14H2,1-5H3. The first-order chi connectivity index (χ1) is 6.83. The molecule has 0 N–H and O–H groups in total. The van der Waals surface area contributed by atoms with Crippen LogP contribution in [0.3, 0.4) is 0 Å². The van der Waals surface area contributed by atoms with Gasteiger partial charge in [-0.3, -0.25) is 0 Å². The highest BCUT2D eigenvalue weighted by molar-refractivity contribution is 7.68. The molecule has 0 amide bonds. The normalized spacial score (nSPS) is 12.8. The third-order valence-corrected chi connectivity index (χ3v) is 7.43. The Hall–Kier alpha value is 0.567. The topological polar surface area (TPSA) is 6.48 Å². The van der Waals surface area contributed by atoms with Gasteiger partial charge < -0.3 is 9.80 Å². The van der Waals surface area contributed by atoms with Gasteiger partial charge in [0.25, 0.3) is 0 Å². The van der Waals surface area contributed by atoms with E-state index in [1.54, 1.807) is 0 Å². The second kappa shape index (κ2) is 7.78. The summed E-state index contributed by atoms with van der Waals surface area (Å²) < 4.78 is 0. The van der Waals surface area contributed by atoms with Crippen LogP contribution in [-0.4, -0.2) is 58.8 Å². The molecule has 92 valence electrons. The minimum atomic E-state index is -0.974. The summed E-state index contributed by atoms with van der Waals surface area (Å²) in [6.07, 6.45) is 2.72. The van der Waals surface area contributed by atoms with E-state index in [4.69, 9.17) is 0 Å². The van der Waals surface area contributed by atoms with Crippen molar-refractivity contribution < 1.29 is 0 Å². The van der Waals surface area contributed by atoms with Crippen LogP contribution < -0.4 is 0 Å². The fraction of sp³-hybridized carbons (Fsp3) is 1.00. The molecule has 0 aliphatic rings. The van der Waals surface area contributed by atoms with Crippen molar-refractivity contribution in [3.8, 4) is 0 Å². The maximum absolute atomic E-state index is 3.18. The molecule has 0 saturated carbocycles. The molecule has 0 aliphatic heterocycles. The quantitative estimate of drug-likeness (QED) is 0.480. The largest absolute Gasteiger partial charge is 0.309 e. The van der Waals surface area contributed by atoms with Gasteiger partial charge in [-0.2, -0.15) is 0 Å². The van der Waals surface area contributed by atoms with Gasteiger partial charge >= 0.3 is 0 Å². The van der Waals surface area contributed by atoms with Gasteiger partial charge in [-0.05, 0) is 54.1 Å². The van der Waals surface area contributed by atoms with Crippen LogP contribution in [0.1, 0.15) is 12.8 Å². The number of nitrogens with zero attached hydrogens (tertiary/aromatic N) is 2. The highest BCUT2D eigenvalue weighted by atomic mass is 31.3. The van der Waals surface area contributed by atoms with Crippen LogP contribution in [0.4, 0.5) is 0 Å². The van der Waals surface area contributed by atoms with Crippen molar-refractivity contribution in [2.75, 3.05) is 41.3 Å². The molecule has 1 atom stereocenters. The van der Waals surface area contributed by atoms with E-state index in [0.29, 0.717) is 0 Å². The van der Waals surface area contributed by atoms with Gasteiger partial charge in [0.05, 0.1) is 7.74 Å². The predicted octanol–water partition coefficient (Wildman–Crippen LogP) is 2.34. The molecule has 0 heterocycles. The summed E-state index contributed by atoms with van der Waals surface area (Å²) in [7, 11) is 10.9. The van der Waals surface area contributed by atoms with Gasteiger partial charge in [0.1, 0.15) is 0 Å². The van der Waals surface area contributed by atoms with E-state index in [2.05, 4.69) is 53.3 Å². The Balaban J connectivity index is 3.57. The Morgan fingerprint density at radius 2 is 1.20 bits per heavy atom. The van der Waals surface area contributed by atoms with Gasteiger partial charge in [0, 0.05) is 0 Å². The lowest BCUT2D eigenvalue weighted by Gasteiger charge is -2.23. The van der Waals surface area contributed by atoms with Crippen molar-refractivity contribution in [1.29, 1.82) is 0 Å². The van der Waals surface area contributed by atoms with Crippen LogP contribution in [-0.2, 0) is 0 Å². The van der Waals surface area contributed by atoms with Gasteiger partial charge in [0.2, 0.25) is 0 Å². The van der Waals surface area contributed by atoms with Gasteiger partial charge in [-0.15, -0.1) is 8.79 Å². The number of rotatable bonds is 8. The molecular formula is C11H29N2PSi. The molecule has 0 rings (SSSR count). The van der Waals surface area contributed by atoms with Crippen molar-refractivity contribution in [3.63, 3.8) is 0 Å². The lowest BCUT2D eigenvalue weighted by Crippen LogP contribution is -2.25. The summed E-state index contributed by atoms with van der Waals surface area (Å²) in [5.74, 6) is 0. The number of hydrogen-bond donors (Lipinski definition) is 0. The first-order valence-electron chi connectivity index (χ1n) is 5.92. The molecule has 0 aromatic rings. The molecule has 0 bridgehead atoms. The van der Waals surface area contributed by atoms with E-state index in [9.17, 15) is 0 Å². The van der Waals surface area contributed by atoms with E-state index >= 15 is 0 Å². The Kier molecular flexibility index (Phi) is 8.07. The lowest BCUT2D eigenvalue weighted by molar-refractivity contribution is 0.404. The molecule has 0 aromatic carbocycles. The molecule has 4 heteroatoms. The average molecular weight is 248 g/mol. The second-order valence-corrected chi connectivity index (χ2v) is 14.0. The molecule has 0 aliphatic carbocycles. The third-order valence-electron chi connectivity index (χ3n) is 2.71. The number of hydrogen-bond acceptors (Lipinski definition) is 2. The highest BCUT2D eigenvalue weighted by Crippen LogP contribution is 2.26. The van der Waals surface area contributed by atoms with Gasteiger partial charge in [-0.1, -0.05) is 18.6 Å². The molecular weight excluding hydrogens is 219 g/mol. The minimum absolute atomic E-state index is 0.974. The smallest absolute Gasteiger partial charge is 0.0715 e. The SMILES string of the molecule is CN(C)CCC[Si](C)(P)CCCN(C)C. The van der Waals surface area contributed by atoms with E-state index in [1.165, 1.54) is 38.0 Å². The van der Waals surface area contributed by atoms with Crippen molar-refractivity contribution in [2.24, 2.45) is 0 Å². The first kappa shape index (κ1) is 15.6. The van der Waals surface area contributed by atoms with E-state index in [1.807, 2.05) is 0 Å². The zero-order valence-corrected chi connectivity index (χ0v) is 13.4. The Morgan fingerprint density at radius 1 is 0.867 bits per heavy atom. The van der Waals surface area contributed by atoms with Crippen molar-refractivity contribution in [3.05, 3.63) is 0 Å². The van der Waals surface area contributed by atoms with Crippen LogP contribution in [0.5, 0.6) is 0 Å². The predicted molar refractivity (Wildman–Crippen MR) is 77.3 cm³/mol. The van der Waals surface area contributed by atoms with Crippen LogP contribution in [0.2, 0.25) is 18.6 Å². The van der Waals surface area contributed by atoms with Crippen LogP contribution in [0.25, 0.3) is 0 Å². The fourth-order valence-electron chi connectivity index (χ4n) is 1.72. The molecule has 1 unspecified atom stereocenters. The summed E-state index contributed by atoms with van der Waals surface area (Å²) in [5.41, 5.74) is 0. The van der Waals surface area contributed by atoms with Gasteiger partial charge in [0.15, 0.2) is 0 Å². The monoisotopic (exact) mass is 248 g/mol. The van der Waals surface area contributed by atoms with E-state index < -0.39 is 7.74 Å². The van der Waals surface area contributed by atoms with Crippen molar-refractivity contribution in [2.45, 2.75) is 31.5 Å². The molecule has 15 heavy (non-hydrogen) atoms. The Morgan fingerprint density at radius 3 is 1.47 bits per heavy atom. The summed E-state index contributed by atoms with van der Waals surface area (Å²) in [6.45, 7) is 4.98. The molecule has 0 aromatic heterocycles. The Bertz CT molecular complexity index is 145. The van der Waals surface area contributed by atoms with Gasteiger partial charge in [-0.25, -0.2) is 0 Å². The zero-order valence-electron chi connectivity index (χ0n) is 11.2. The highest BCUT2D eigenvalue weighted by Gasteiger charge is 2.19. The van der Waals surface area contributed by atoms with Crippen molar-refractivity contribution >= 4 is 16.5 Å². The first-order valence-corrected chi connectivity index (χ1v) is 10.6. The van der Waals surface area contributed by atoms with E-state index in [-0.39, 0.29) is 0 Å². The minimum Gasteiger partial charge on any atom is -0.309 e. The molecule has 2 nitrogen and oxygen atoms in total. The summed E-state index contributed by atoms with van der Waals surface area (Å²) in [6, 6.07) is 2.90. The average Bonchev–Trinajstić information content (AvgIpc) is 2.01. The maximum Gasteiger partial charge on any atom is 0.0715 e. The van der Waals surface area contributed by atoms with Crippen molar-refractivity contribution in [1.82, 2.24) is 9.80 Å². The fourth-order valence-corrected chi connectivity index (χ4v) is 5.13. The summed E-state index contributed by atoms with van der Waals surface area (Å²) in [4.78, 5) is 4.57. The molecule has 0 saturated heterocycles. The Labute approximate surface area is 99.5 Å². The molecule has 0 fully saturated rings. The summed E-state index contributed by atoms with van der Waals surface area (Å²) in [5, 5.41) is 0. The lowest BCUT2D eigenvalue weighted by atomic mass is 10.4. The maximum atomic E-state index is 3.18. The van der Waals surface area contributed by atoms with Crippen LogP contribution in [0.15, 0.2) is 0 Å². The van der Waals surface area contributed by atoms with E-state index in [0.717, 1.165) is 0 Å². The van der Waals surface area contributed by atoms with Crippen LogP contribution in [0, 0.1) is 0 Å². The third kappa shape index (κ3) is 10.8. The molecule has 0 spiro atoms.